The van der Waals surface area contributed by atoms with E-state index in [0.29, 0.717) is 25.1 Å². The number of aryl methyl sites for hydroxylation is 1. The van der Waals surface area contributed by atoms with Crippen LogP contribution in [-0.4, -0.2) is 41.0 Å². The molecule has 166 valence electrons. The molecule has 1 saturated heterocycles. The van der Waals surface area contributed by atoms with Crippen LogP contribution in [0.5, 0.6) is 0 Å². The fraction of sp³-hybridized carbons (Fsp3) is 0.308. The highest BCUT2D eigenvalue weighted by atomic mass is 32.1. The minimum absolute atomic E-state index is 0.105. The first kappa shape index (κ1) is 22.2. The van der Waals surface area contributed by atoms with Crippen LogP contribution in [0.15, 0.2) is 59.5 Å². The van der Waals surface area contributed by atoms with Gasteiger partial charge in [-0.3, -0.25) is 9.59 Å². The van der Waals surface area contributed by atoms with E-state index in [1.807, 2.05) is 68.6 Å². The summed E-state index contributed by atoms with van der Waals surface area (Å²) in [5, 5.41) is 15.2. The van der Waals surface area contributed by atoms with Gasteiger partial charge in [-0.15, -0.1) is 11.3 Å². The van der Waals surface area contributed by atoms with Gasteiger partial charge in [0.05, 0.1) is 17.7 Å². The van der Waals surface area contributed by atoms with Crippen molar-refractivity contribution < 1.29 is 19.4 Å². The number of fused-ring (bicyclic) bond motifs is 1. The van der Waals surface area contributed by atoms with Gasteiger partial charge in [0.15, 0.2) is 0 Å². The monoisotopic (exact) mass is 449 g/mol. The summed E-state index contributed by atoms with van der Waals surface area (Å²) in [7, 11) is 0. The first-order valence-electron chi connectivity index (χ1n) is 10.8. The summed E-state index contributed by atoms with van der Waals surface area (Å²) in [4.78, 5) is 28.6. The normalized spacial score (nSPS) is 18.2. The summed E-state index contributed by atoms with van der Waals surface area (Å²) in [6.45, 7) is 6.77. The minimum Gasteiger partial charge on any atom is -0.507 e. The molecule has 1 aliphatic heterocycles. The molecule has 1 unspecified atom stereocenters. The molecule has 1 aromatic heterocycles. The van der Waals surface area contributed by atoms with Crippen molar-refractivity contribution in [1.82, 2.24) is 4.90 Å². The van der Waals surface area contributed by atoms with Gasteiger partial charge in [0.1, 0.15) is 5.76 Å². The zero-order valence-electron chi connectivity index (χ0n) is 18.5. The van der Waals surface area contributed by atoms with E-state index >= 15 is 0 Å². The number of nitrogens with zero attached hydrogens (tertiary/aromatic N) is 1. The molecule has 0 aliphatic carbocycles. The molecule has 0 saturated carbocycles. The van der Waals surface area contributed by atoms with Crippen molar-refractivity contribution in [2.24, 2.45) is 0 Å². The fourth-order valence-electron chi connectivity index (χ4n) is 4.09. The van der Waals surface area contributed by atoms with Crippen LogP contribution in [0.4, 0.5) is 0 Å². The molecule has 1 N–H and O–H groups in total. The first-order valence-corrected chi connectivity index (χ1v) is 11.7. The van der Waals surface area contributed by atoms with Crippen LogP contribution in [0.1, 0.15) is 42.3 Å². The van der Waals surface area contributed by atoms with E-state index < -0.39 is 17.7 Å². The van der Waals surface area contributed by atoms with Gasteiger partial charge in [0.2, 0.25) is 0 Å². The van der Waals surface area contributed by atoms with Crippen molar-refractivity contribution in [3.63, 3.8) is 0 Å². The second-order valence-electron chi connectivity index (χ2n) is 8.30. The highest BCUT2D eigenvalue weighted by Crippen LogP contribution is 2.42. The quantitative estimate of drug-likeness (QED) is 0.226. The van der Waals surface area contributed by atoms with Gasteiger partial charge in [-0.2, -0.15) is 0 Å². The molecule has 32 heavy (non-hydrogen) atoms. The number of amides is 1. The minimum atomic E-state index is -0.641. The van der Waals surface area contributed by atoms with Crippen LogP contribution in [0.3, 0.4) is 0 Å². The van der Waals surface area contributed by atoms with Gasteiger partial charge in [-0.1, -0.05) is 36.4 Å². The third-order valence-corrected chi connectivity index (χ3v) is 6.78. The molecule has 2 aromatic carbocycles. The average Bonchev–Trinajstić information content (AvgIpc) is 3.31. The number of Topliss-reactive ketones (excluding diaryl/α,β-unsaturated/α-hetero) is 1. The number of carbonyl (C=O) groups excluding carboxylic acids is 2. The Balaban J connectivity index is 1.76. The third-order valence-electron chi connectivity index (χ3n) is 5.71. The number of rotatable bonds is 7. The zero-order chi connectivity index (χ0) is 22.8. The molecule has 1 fully saturated rings. The molecule has 0 spiro atoms. The van der Waals surface area contributed by atoms with Gasteiger partial charge < -0.3 is 14.7 Å². The number of hydrogen-bond acceptors (Lipinski definition) is 5. The predicted molar refractivity (Wildman–Crippen MR) is 128 cm³/mol. The summed E-state index contributed by atoms with van der Waals surface area (Å²) < 4.78 is 5.62. The van der Waals surface area contributed by atoms with E-state index in [9.17, 15) is 14.7 Å². The molecule has 2 heterocycles. The molecule has 1 amide bonds. The maximum absolute atomic E-state index is 13.1. The molecule has 6 heteroatoms. The Morgan fingerprint density at radius 2 is 1.88 bits per heavy atom. The number of ether oxygens (including phenoxy) is 1. The summed E-state index contributed by atoms with van der Waals surface area (Å²) in [6, 6.07) is 14.8. The largest absolute Gasteiger partial charge is 0.507 e. The number of hydrogen-bond donors (Lipinski definition) is 1. The van der Waals surface area contributed by atoms with Crippen LogP contribution >= 0.6 is 11.3 Å². The Hall–Kier alpha value is -2.96. The van der Waals surface area contributed by atoms with Crippen molar-refractivity contribution in [2.75, 3.05) is 13.2 Å². The molecular weight excluding hydrogens is 422 g/mol. The Labute approximate surface area is 191 Å². The van der Waals surface area contributed by atoms with Crippen molar-refractivity contribution in [1.29, 1.82) is 0 Å². The van der Waals surface area contributed by atoms with Crippen LogP contribution in [0.2, 0.25) is 0 Å². The standard InChI is InChI=1S/C26H27NO4S/c1-16(2)31-13-6-12-27-22(25-17(3)11-14-32-25)21(24(29)26(27)30)23(28)20-10-9-18-7-4-5-8-19(18)15-20/h4-5,7-11,14-16,22,28H,6,12-13H2,1-3H3/b23-21-. The van der Waals surface area contributed by atoms with E-state index in [1.165, 1.54) is 11.3 Å². The number of aliphatic hydroxyl groups is 1. The number of aliphatic hydroxyl groups excluding tert-OH is 1. The van der Waals surface area contributed by atoms with Gasteiger partial charge in [0.25, 0.3) is 11.7 Å². The van der Waals surface area contributed by atoms with Crippen molar-refractivity contribution in [3.8, 4) is 0 Å². The number of carbonyl (C=O) groups is 2. The van der Waals surface area contributed by atoms with E-state index in [4.69, 9.17) is 4.74 Å². The van der Waals surface area contributed by atoms with Crippen LogP contribution in [0, 0.1) is 6.92 Å². The number of thiophene rings is 1. The first-order chi connectivity index (χ1) is 15.4. The molecule has 3 aromatic rings. The lowest BCUT2D eigenvalue weighted by Gasteiger charge is -2.25. The van der Waals surface area contributed by atoms with E-state index in [1.54, 1.807) is 11.0 Å². The van der Waals surface area contributed by atoms with Gasteiger partial charge in [0, 0.05) is 23.6 Å². The van der Waals surface area contributed by atoms with Crippen molar-refractivity contribution in [2.45, 2.75) is 39.3 Å². The van der Waals surface area contributed by atoms with Crippen LogP contribution < -0.4 is 0 Å². The van der Waals surface area contributed by atoms with E-state index in [-0.39, 0.29) is 17.4 Å². The summed E-state index contributed by atoms with van der Waals surface area (Å²) in [6.07, 6.45) is 0.718. The second kappa shape index (κ2) is 9.27. The molecule has 4 rings (SSSR count). The van der Waals surface area contributed by atoms with E-state index in [0.717, 1.165) is 21.2 Å². The summed E-state index contributed by atoms with van der Waals surface area (Å²) >= 11 is 1.50. The lowest BCUT2D eigenvalue weighted by molar-refractivity contribution is -0.140. The molecule has 5 nitrogen and oxygen atoms in total. The van der Waals surface area contributed by atoms with Crippen molar-refractivity contribution >= 4 is 39.6 Å². The maximum Gasteiger partial charge on any atom is 0.295 e. The van der Waals surface area contributed by atoms with Gasteiger partial charge in [-0.25, -0.2) is 0 Å². The highest BCUT2D eigenvalue weighted by molar-refractivity contribution is 7.10. The number of benzene rings is 2. The van der Waals surface area contributed by atoms with Crippen LogP contribution in [0.25, 0.3) is 16.5 Å². The third kappa shape index (κ3) is 4.20. The fourth-order valence-corrected chi connectivity index (χ4v) is 5.14. The topological polar surface area (TPSA) is 66.8 Å². The maximum atomic E-state index is 13.1. The summed E-state index contributed by atoms with van der Waals surface area (Å²) in [5.41, 5.74) is 1.68. The van der Waals surface area contributed by atoms with E-state index in [2.05, 4.69) is 0 Å². The zero-order valence-corrected chi connectivity index (χ0v) is 19.3. The predicted octanol–water partition coefficient (Wildman–Crippen LogP) is 5.45. The smallest absolute Gasteiger partial charge is 0.295 e. The summed E-state index contributed by atoms with van der Waals surface area (Å²) in [5.74, 6) is -1.35. The van der Waals surface area contributed by atoms with Gasteiger partial charge in [-0.05, 0) is 61.0 Å². The lowest BCUT2D eigenvalue weighted by atomic mass is 9.97. The van der Waals surface area contributed by atoms with Crippen molar-refractivity contribution in [3.05, 3.63) is 75.5 Å². The highest BCUT2D eigenvalue weighted by Gasteiger charge is 2.46. The SMILES string of the molecule is Cc1ccsc1C1/C(=C(/O)c2ccc3ccccc3c2)C(=O)C(=O)N1CCCOC(C)C. The second-order valence-corrected chi connectivity index (χ2v) is 9.24. The van der Waals surface area contributed by atoms with Gasteiger partial charge >= 0.3 is 0 Å². The Kier molecular flexibility index (Phi) is 6.44. The van der Waals surface area contributed by atoms with Crippen LogP contribution in [-0.2, 0) is 14.3 Å². The molecule has 0 bridgehead atoms. The molecule has 0 radical (unpaired) electrons. The Morgan fingerprint density at radius 1 is 1.12 bits per heavy atom. The molecule has 1 atom stereocenters. The number of ketones is 1. The Morgan fingerprint density at radius 3 is 2.56 bits per heavy atom. The molecule has 1 aliphatic rings. The average molecular weight is 450 g/mol. The lowest BCUT2D eigenvalue weighted by Crippen LogP contribution is -2.31. The number of likely N-dealkylation sites (tertiary alicyclic amines) is 1. The Bertz CT molecular complexity index is 1190. The molecular formula is C26H27NO4S.